The van der Waals surface area contributed by atoms with Gasteiger partial charge in [-0.05, 0) is 37.1 Å². The second kappa shape index (κ2) is 5.88. The number of hydrogen-bond acceptors (Lipinski definition) is 3. The Hall–Kier alpha value is -2.21. The van der Waals surface area contributed by atoms with Gasteiger partial charge in [0.05, 0.1) is 29.2 Å². The first-order chi connectivity index (χ1) is 10.6. The SMILES string of the molecule is CCc1c(C(=O)N2CC[C@@H](O)C2)cnn1-c1ccc(F)cc1. The molecule has 0 spiro atoms. The maximum absolute atomic E-state index is 13.0. The fraction of sp³-hybridized carbons (Fsp3) is 0.375. The summed E-state index contributed by atoms with van der Waals surface area (Å²) < 4.78 is 14.7. The number of aliphatic hydroxyl groups excluding tert-OH is 1. The van der Waals surface area contributed by atoms with Crippen LogP contribution in [0.3, 0.4) is 0 Å². The van der Waals surface area contributed by atoms with Gasteiger partial charge in [-0.2, -0.15) is 5.10 Å². The molecule has 3 rings (SSSR count). The predicted molar refractivity (Wildman–Crippen MR) is 79.4 cm³/mol. The highest BCUT2D eigenvalue weighted by Crippen LogP contribution is 2.20. The van der Waals surface area contributed by atoms with Crippen LogP contribution in [-0.4, -0.2) is 44.9 Å². The van der Waals surface area contributed by atoms with Gasteiger partial charge < -0.3 is 10.0 Å². The normalized spacial score (nSPS) is 18.0. The topological polar surface area (TPSA) is 58.4 Å². The summed E-state index contributed by atoms with van der Waals surface area (Å²) in [4.78, 5) is 14.2. The average Bonchev–Trinajstić information content (AvgIpc) is 3.13. The lowest BCUT2D eigenvalue weighted by Crippen LogP contribution is -2.30. The molecule has 0 saturated carbocycles. The highest BCUT2D eigenvalue weighted by molar-refractivity contribution is 5.95. The molecule has 5 nitrogen and oxygen atoms in total. The molecule has 0 unspecified atom stereocenters. The molecule has 1 amide bonds. The summed E-state index contributed by atoms with van der Waals surface area (Å²) in [5, 5.41) is 13.9. The van der Waals surface area contributed by atoms with Crippen LogP contribution in [0.2, 0.25) is 0 Å². The lowest BCUT2D eigenvalue weighted by Gasteiger charge is -2.15. The smallest absolute Gasteiger partial charge is 0.257 e. The first-order valence-electron chi connectivity index (χ1n) is 7.40. The van der Waals surface area contributed by atoms with Gasteiger partial charge in [-0.15, -0.1) is 0 Å². The van der Waals surface area contributed by atoms with Crippen molar-refractivity contribution in [2.24, 2.45) is 0 Å². The number of carbonyl (C=O) groups excluding carboxylic acids is 1. The van der Waals surface area contributed by atoms with E-state index in [4.69, 9.17) is 0 Å². The van der Waals surface area contributed by atoms with Crippen molar-refractivity contribution >= 4 is 5.91 Å². The fourth-order valence-corrected chi connectivity index (χ4v) is 2.79. The quantitative estimate of drug-likeness (QED) is 0.940. The Morgan fingerprint density at radius 1 is 1.41 bits per heavy atom. The molecule has 116 valence electrons. The maximum atomic E-state index is 13.0. The van der Waals surface area contributed by atoms with Crippen molar-refractivity contribution in [3.05, 3.63) is 47.5 Å². The monoisotopic (exact) mass is 303 g/mol. The van der Waals surface area contributed by atoms with Crippen LogP contribution in [0.5, 0.6) is 0 Å². The first-order valence-corrected chi connectivity index (χ1v) is 7.40. The molecule has 0 radical (unpaired) electrons. The second-order valence-corrected chi connectivity index (χ2v) is 5.44. The van der Waals surface area contributed by atoms with Crippen molar-refractivity contribution in [3.8, 4) is 5.69 Å². The Morgan fingerprint density at radius 3 is 2.73 bits per heavy atom. The molecule has 1 aliphatic rings. The van der Waals surface area contributed by atoms with Crippen LogP contribution in [0.1, 0.15) is 29.4 Å². The first kappa shape index (κ1) is 14.7. The van der Waals surface area contributed by atoms with E-state index in [-0.39, 0.29) is 11.7 Å². The van der Waals surface area contributed by atoms with E-state index in [0.29, 0.717) is 31.5 Å². The van der Waals surface area contributed by atoms with Crippen LogP contribution in [-0.2, 0) is 6.42 Å². The Labute approximate surface area is 128 Å². The minimum absolute atomic E-state index is 0.109. The van der Waals surface area contributed by atoms with E-state index in [1.54, 1.807) is 27.9 Å². The van der Waals surface area contributed by atoms with Crippen molar-refractivity contribution in [1.29, 1.82) is 0 Å². The summed E-state index contributed by atoms with van der Waals surface area (Å²) in [6, 6.07) is 6.01. The zero-order chi connectivity index (χ0) is 15.7. The molecule has 1 aromatic heterocycles. The van der Waals surface area contributed by atoms with Gasteiger partial charge in [-0.3, -0.25) is 4.79 Å². The van der Waals surface area contributed by atoms with Crippen molar-refractivity contribution in [2.45, 2.75) is 25.9 Å². The Morgan fingerprint density at radius 2 is 2.14 bits per heavy atom. The summed E-state index contributed by atoms with van der Waals surface area (Å²) in [5.74, 6) is -0.418. The van der Waals surface area contributed by atoms with E-state index in [9.17, 15) is 14.3 Å². The fourth-order valence-electron chi connectivity index (χ4n) is 2.79. The number of likely N-dealkylation sites (tertiary alicyclic amines) is 1. The van der Waals surface area contributed by atoms with Crippen LogP contribution in [0.4, 0.5) is 4.39 Å². The van der Waals surface area contributed by atoms with Gasteiger partial charge in [0.2, 0.25) is 0 Å². The molecular weight excluding hydrogens is 285 g/mol. The third-order valence-electron chi connectivity index (χ3n) is 3.96. The number of rotatable bonds is 3. The van der Waals surface area contributed by atoms with Gasteiger partial charge in [-0.1, -0.05) is 6.92 Å². The number of nitrogens with zero attached hydrogens (tertiary/aromatic N) is 3. The van der Waals surface area contributed by atoms with Gasteiger partial charge in [0.15, 0.2) is 0 Å². The van der Waals surface area contributed by atoms with Crippen molar-refractivity contribution < 1.29 is 14.3 Å². The number of hydrogen-bond donors (Lipinski definition) is 1. The van der Waals surface area contributed by atoms with Crippen LogP contribution in [0, 0.1) is 5.82 Å². The number of benzene rings is 1. The number of β-amino-alcohol motifs (C(OH)–C–C–N with tert-alkyl or cyclic N) is 1. The summed E-state index contributed by atoms with van der Waals surface area (Å²) in [6.45, 7) is 2.88. The van der Waals surface area contributed by atoms with Crippen LogP contribution < -0.4 is 0 Å². The molecular formula is C16H18FN3O2. The van der Waals surface area contributed by atoms with Crippen LogP contribution in [0.15, 0.2) is 30.5 Å². The van der Waals surface area contributed by atoms with Gasteiger partial charge >= 0.3 is 0 Å². The number of aliphatic hydroxyl groups is 1. The molecule has 1 fully saturated rings. The summed E-state index contributed by atoms with van der Waals surface area (Å²) in [6.07, 6.45) is 2.35. The largest absolute Gasteiger partial charge is 0.391 e. The zero-order valence-electron chi connectivity index (χ0n) is 12.4. The van der Waals surface area contributed by atoms with Crippen LogP contribution >= 0.6 is 0 Å². The third kappa shape index (κ3) is 2.62. The molecule has 1 saturated heterocycles. The van der Waals surface area contributed by atoms with E-state index in [0.717, 1.165) is 11.4 Å². The second-order valence-electron chi connectivity index (χ2n) is 5.44. The zero-order valence-corrected chi connectivity index (χ0v) is 12.4. The van der Waals surface area contributed by atoms with Gasteiger partial charge in [0, 0.05) is 13.1 Å². The van der Waals surface area contributed by atoms with Gasteiger partial charge in [0.25, 0.3) is 5.91 Å². The van der Waals surface area contributed by atoms with Crippen LogP contribution in [0.25, 0.3) is 5.69 Å². The molecule has 0 bridgehead atoms. The minimum Gasteiger partial charge on any atom is -0.391 e. The van der Waals surface area contributed by atoms with E-state index in [1.165, 1.54) is 12.1 Å². The standard InChI is InChI=1S/C16H18FN3O2/c1-2-15-14(16(22)19-8-7-13(21)10-19)9-18-20(15)12-5-3-11(17)4-6-12/h3-6,9,13,21H,2,7-8,10H2,1H3/t13-/m1/s1. The number of aromatic nitrogens is 2. The summed E-state index contributed by atoms with van der Waals surface area (Å²) in [5.41, 5.74) is 2.05. The van der Waals surface area contributed by atoms with E-state index >= 15 is 0 Å². The maximum Gasteiger partial charge on any atom is 0.257 e. The molecule has 0 aliphatic carbocycles. The molecule has 2 heterocycles. The summed E-state index contributed by atoms with van der Waals surface area (Å²) in [7, 11) is 0. The third-order valence-corrected chi connectivity index (χ3v) is 3.96. The van der Waals surface area contributed by atoms with Crippen molar-refractivity contribution in [3.63, 3.8) is 0 Å². The number of carbonyl (C=O) groups is 1. The van der Waals surface area contributed by atoms with E-state index in [2.05, 4.69) is 5.10 Å². The Balaban J connectivity index is 1.93. The lowest BCUT2D eigenvalue weighted by atomic mass is 10.1. The Bertz CT molecular complexity index is 681. The molecule has 22 heavy (non-hydrogen) atoms. The molecule has 2 aromatic rings. The number of amides is 1. The minimum atomic E-state index is -0.443. The number of halogens is 1. The molecule has 1 aliphatic heterocycles. The van der Waals surface area contributed by atoms with Crippen molar-refractivity contribution in [2.75, 3.05) is 13.1 Å². The molecule has 1 N–H and O–H groups in total. The highest BCUT2D eigenvalue weighted by Gasteiger charge is 2.28. The average molecular weight is 303 g/mol. The highest BCUT2D eigenvalue weighted by atomic mass is 19.1. The summed E-state index contributed by atoms with van der Waals surface area (Å²) >= 11 is 0. The predicted octanol–water partition coefficient (Wildman–Crippen LogP) is 1.78. The van der Waals surface area contributed by atoms with Gasteiger partial charge in [-0.25, -0.2) is 9.07 Å². The van der Waals surface area contributed by atoms with Gasteiger partial charge in [0.1, 0.15) is 5.82 Å². The van der Waals surface area contributed by atoms with E-state index < -0.39 is 6.10 Å². The lowest BCUT2D eigenvalue weighted by molar-refractivity contribution is 0.0764. The Kier molecular flexibility index (Phi) is 3.94. The molecule has 1 aromatic carbocycles. The van der Waals surface area contributed by atoms with Crippen molar-refractivity contribution in [1.82, 2.24) is 14.7 Å². The molecule has 1 atom stereocenters. The molecule has 6 heteroatoms. The van der Waals surface area contributed by atoms with E-state index in [1.807, 2.05) is 6.92 Å².